The maximum atomic E-state index is 11.8. The van der Waals surface area contributed by atoms with Gasteiger partial charge in [0, 0.05) is 30.0 Å². The monoisotopic (exact) mass is 311 g/mol. The highest BCUT2D eigenvalue weighted by Crippen LogP contribution is 2.34. The molecular weight excluding hydrogens is 290 g/mol. The highest BCUT2D eigenvalue weighted by atomic mass is 16.2. The van der Waals surface area contributed by atoms with Gasteiger partial charge in [-0.2, -0.15) is 0 Å². The fourth-order valence-electron chi connectivity index (χ4n) is 3.00. The zero-order valence-electron chi connectivity index (χ0n) is 13.3. The number of hydrazine groups is 1. The van der Waals surface area contributed by atoms with E-state index in [0.29, 0.717) is 6.42 Å². The van der Waals surface area contributed by atoms with Gasteiger partial charge in [0.15, 0.2) is 5.78 Å². The molecule has 0 saturated carbocycles. The second kappa shape index (κ2) is 6.01. The lowest BCUT2D eigenvalue weighted by Gasteiger charge is -2.29. The number of hydrogen-bond donors (Lipinski definition) is 3. The summed E-state index contributed by atoms with van der Waals surface area (Å²) in [5.41, 5.74) is 8.50. The van der Waals surface area contributed by atoms with Crippen LogP contribution in [0.5, 0.6) is 0 Å². The Bertz CT molecular complexity index is 687. The van der Waals surface area contributed by atoms with Crippen molar-refractivity contribution in [3.05, 3.63) is 53.8 Å². The minimum absolute atomic E-state index is 0.00310. The summed E-state index contributed by atoms with van der Waals surface area (Å²) in [7, 11) is 0. The third-order valence-corrected chi connectivity index (χ3v) is 4.02. The Labute approximate surface area is 135 Å². The molecule has 1 amide bonds. The van der Waals surface area contributed by atoms with Gasteiger partial charge < -0.3 is 5.32 Å². The number of ketones is 1. The summed E-state index contributed by atoms with van der Waals surface area (Å²) < 4.78 is 0. The molecule has 0 radical (unpaired) electrons. The molecule has 120 valence electrons. The molecule has 0 fully saturated rings. The van der Waals surface area contributed by atoms with E-state index in [-0.39, 0.29) is 23.1 Å². The van der Waals surface area contributed by atoms with Crippen molar-refractivity contribution in [1.82, 2.24) is 10.9 Å². The fraction of sp³-hybridized carbons (Fsp3) is 0.333. The van der Waals surface area contributed by atoms with Crippen molar-refractivity contribution in [3.8, 4) is 0 Å². The smallest absolute Gasteiger partial charge is 0.257 e. The number of benzene rings is 1. The van der Waals surface area contributed by atoms with Crippen LogP contribution in [-0.2, 0) is 9.59 Å². The van der Waals surface area contributed by atoms with Crippen molar-refractivity contribution in [1.29, 1.82) is 0 Å². The second-order valence-corrected chi connectivity index (χ2v) is 6.87. The fourth-order valence-corrected chi connectivity index (χ4v) is 3.00. The summed E-state index contributed by atoms with van der Waals surface area (Å²) in [6.45, 7) is 4.22. The molecule has 5 nitrogen and oxygen atoms in total. The highest BCUT2D eigenvalue weighted by Gasteiger charge is 2.27. The first-order chi connectivity index (χ1) is 10.9. The maximum Gasteiger partial charge on any atom is 0.257 e. The van der Waals surface area contributed by atoms with E-state index in [1.165, 1.54) is 6.08 Å². The van der Waals surface area contributed by atoms with Crippen LogP contribution in [0.2, 0.25) is 0 Å². The predicted molar refractivity (Wildman–Crippen MR) is 89.3 cm³/mol. The summed E-state index contributed by atoms with van der Waals surface area (Å²) >= 11 is 0. The Morgan fingerprint density at radius 1 is 1.13 bits per heavy atom. The Balaban J connectivity index is 1.69. The van der Waals surface area contributed by atoms with Crippen molar-refractivity contribution in [2.45, 2.75) is 32.7 Å². The topological polar surface area (TPSA) is 70.2 Å². The molecule has 1 aliphatic heterocycles. The van der Waals surface area contributed by atoms with Gasteiger partial charge in [-0.3, -0.25) is 15.0 Å². The van der Waals surface area contributed by atoms with Gasteiger partial charge in [0.2, 0.25) is 0 Å². The van der Waals surface area contributed by atoms with Gasteiger partial charge >= 0.3 is 0 Å². The number of amides is 1. The van der Waals surface area contributed by atoms with E-state index >= 15 is 0 Å². The zero-order valence-corrected chi connectivity index (χ0v) is 13.3. The van der Waals surface area contributed by atoms with Crippen LogP contribution < -0.4 is 16.2 Å². The van der Waals surface area contributed by atoms with E-state index in [0.717, 1.165) is 23.4 Å². The van der Waals surface area contributed by atoms with Gasteiger partial charge in [-0.25, -0.2) is 5.43 Å². The Morgan fingerprint density at radius 2 is 1.87 bits per heavy atom. The molecule has 3 rings (SSSR count). The van der Waals surface area contributed by atoms with E-state index < -0.39 is 0 Å². The lowest BCUT2D eigenvalue weighted by atomic mass is 9.79. The lowest BCUT2D eigenvalue weighted by Crippen LogP contribution is -2.41. The minimum Gasteiger partial charge on any atom is -0.359 e. The SMILES string of the molecule is CC1(C)CC(=O)C=C(Nc2ccc(C3C=CC(=O)NN3)cc2)C1. The number of nitrogens with one attached hydrogen (secondary N) is 3. The average Bonchev–Trinajstić information content (AvgIpc) is 2.47. The Kier molecular flexibility index (Phi) is 4.05. The number of hydrogen-bond acceptors (Lipinski definition) is 4. The molecular formula is C18H21N3O2. The lowest BCUT2D eigenvalue weighted by molar-refractivity contribution is -0.118. The van der Waals surface area contributed by atoms with E-state index in [1.54, 1.807) is 6.08 Å². The number of carbonyl (C=O) groups excluding carboxylic acids is 2. The van der Waals surface area contributed by atoms with Crippen LogP contribution in [0.15, 0.2) is 48.2 Å². The molecule has 1 heterocycles. The Morgan fingerprint density at radius 3 is 2.48 bits per heavy atom. The molecule has 1 atom stereocenters. The van der Waals surface area contributed by atoms with Crippen molar-refractivity contribution in [2.24, 2.45) is 5.41 Å². The number of allylic oxidation sites excluding steroid dienone is 2. The van der Waals surface area contributed by atoms with Gasteiger partial charge in [-0.05, 0) is 29.5 Å². The molecule has 0 saturated heterocycles. The zero-order chi connectivity index (χ0) is 16.4. The van der Waals surface area contributed by atoms with Gasteiger partial charge in [-0.15, -0.1) is 0 Å². The summed E-state index contributed by atoms with van der Waals surface area (Å²) in [5, 5.41) is 3.34. The summed E-state index contributed by atoms with van der Waals surface area (Å²) in [4.78, 5) is 22.9. The van der Waals surface area contributed by atoms with Crippen molar-refractivity contribution in [2.75, 3.05) is 5.32 Å². The third-order valence-electron chi connectivity index (χ3n) is 4.02. The van der Waals surface area contributed by atoms with Gasteiger partial charge in [0.25, 0.3) is 5.91 Å². The molecule has 5 heteroatoms. The molecule has 0 spiro atoms. The Hall–Kier alpha value is -2.40. The van der Waals surface area contributed by atoms with Crippen LogP contribution >= 0.6 is 0 Å². The summed E-state index contributed by atoms with van der Waals surface area (Å²) in [5.74, 6) is 0.0312. The van der Waals surface area contributed by atoms with E-state index in [4.69, 9.17) is 0 Å². The van der Waals surface area contributed by atoms with Crippen LogP contribution in [0.1, 0.15) is 38.3 Å². The number of rotatable bonds is 3. The van der Waals surface area contributed by atoms with Gasteiger partial charge in [0.1, 0.15) is 0 Å². The van der Waals surface area contributed by atoms with Crippen LogP contribution in [0.3, 0.4) is 0 Å². The molecule has 1 aromatic rings. The van der Waals surface area contributed by atoms with E-state index in [1.807, 2.05) is 30.3 Å². The second-order valence-electron chi connectivity index (χ2n) is 6.87. The van der Waals surface area contributed by atoms with Crippen molar-refractivity contribution >= 4 is 17.4 Å². The summed E-state index contributed by atoms with van der Waals surface area (Å²) in [6, 6.07) is 7.93. The van der Waals surface area contributed by atoms with Crippen LogP contribution in [0, 0.1) is 5.41 Å². The normalized spacial score (nSPS) is 23.2. The van der Waals surface area contributed by atoms with E-state index in [9.17, 15) is 9.59 Å². The molecule has 2 aliphatic rings. The molecule has 1 aliphatic carbocycles. The number of carbonyl (C=O) groups is 2. The average molecular weight is 311 g/mol. The maximum absolute atomic E-state index is 11.8. The highest BCUT2D eigenvalue weighted by molar-refractivity contribution is 5.92. The van der Waals surface area contributed by atoms with Crippen LogP contribution in [0.4, 0.5) is 5.69 Å². The first-order valence-electron chi connectivity index (χ1n) is 7.75. The largest absolute Gasteiger partial charge is 0.359 e. The standard InChI is InChI=1S/C18H21N3O2/c1-18(2)10-14(9-15(22)11-18)19-13-5-3-12(4-6-13)16-7-8-17(23)21-20-16/h3-9,16,19-20H,10-11H2,1-2H3,(H,21,23). The predicted octanol–water partition coefficient (Wildman–Crippen LogP) is 2.60. The number of anilines is 1. The van der Waals surface area contributed by atoms with Crippen molar-refractivity contribution in [3.63, 3.8) is 0 Å². The quantitative estimate of drug-likeness (QED) is 0.802. The molecule has 1 aromatic carbocycles. The molecule has 1 unspecified atom stereocenters. The molecule has 23 heavy (non-hydrogen) atoms. The van der Waals surface area contributed by atoms with Crippen molar-refractivity contribution < 1.29 is 9.59 Å². The van der Waals surface area contributed by atoms with E-state index in [2.05, 4.69) is 30.0 Å². The molecule has 3 N–H and O–H groups in total. The third kappa shape index (κ3) is 3.87. The van der Waals surface area contributed by atoms with Crippen LogP contribution in [0.25, 0.3) is 0 Å². The summed E-state index contributed by atoms with van der Waals surface area (Å²) in [6.07, 6.45) is 6.52. The van der Waals surface area contributed by atoms with Gasteiger partial charge in [0.05, 0.1) is 6.04 Å². The minimum atomic E-state index is -0.143. The first kappa shape index (κ1) is 15.5. The molecule has 0 bridgehead atoms. The molecule has 0 aromatic heterocycles. The first-order valence-corrected chi connectivity index (χ1v) is 7.75. The van der Waals surface area contributed by atoms with Crippen LogP contribution in [-0.4, -0.2) is 11.7 Å². The van der Waals surface area contributed by atoms with Gasteiger partial charge in [-0.1, -0.05) is 32.1 Å².